The van der Waals surface area contributed by atoms with Gasteiger partial charge in [0.2, 0.25) is 0 Å². The maximum absolute atomic E-state index is 13.1. The topological polar surface area (TPSA) is 24.9 Å². The molecule has 3 rings (SSSR count). The Morgan fingerprint density at radius 2 is 2.11 bits per heavy atom. The van der Waals surface area contributed by atoms with Crippen LogP contribution in [0.2, 0.25) is 0 Å². The molecule has 19 heavy (non-hydrogen) atoms. The third kappa shape index (κ3) is 2.93. The number of nitrogens with zero attached hydrogens (tertiary/aromatic N) is 1. The fraction of sp³-hybridized carbons (Fsp3) is 0.0714. The second-order valence-electron chi connectivity index (χ2n) is 4.11. The van der Waals surface area contributed by atoms with Gasteiger partial charge in [-0.15, -0.1) is 0 Å². The molecule has 0 saturated heterocycles. The largest absolute Gasteiger partial charge is 0.357 e. The number of hydrogen-bond acceptors (Lipinski definition) is 3. The molecule has 0 amide bonds. The van der Waals surface area contributed by atoms with Crippen LogP contribution in [0.4, 0.5) is 9.52 Å². The van der Waals surface area contributed by atoms with E-state index in [-0.39, 0.29) is 5.82 Å². The van der Waals surface area contributed by atoms with E-state index in [0.717, 1.165) is 19.8 Å². The van der Waals surface area contributed by atoms with E-state index in [9.17, 15) is 4.39 Å². The highest BCUT2D eigenvalue weighted by Crippen LogP contribution is 2.26. The molecule has 0 aliphatic rings. The van der Waals surface area contributed by atoms with Crippen LogP contribution in [0.5, 0.6) is 0 Å². The Bertz CT molecular complexity index is 726. The predicted molar refractivity (Wildman–Crippen MR) is 81.0 cm³/mol. The third-order valence-electron chi connectivity index (χ3n) is 2.68. The average molecular weight is 337 g/mol. The van der Waals surface area contributed by atoms with Gasteiger partial charge < -0.3 is 5.32 Å². The van der Waals surface area contributed by atoms with Crippen molar-refractivity contribution in [3.8, 4) is 0 Å². The summed E-state index contributed by atoms with van der Waals surface area (Å²) in [6.45, 7) is 0.696. The van der Waals surface area contributed by atoms with Crippen LogP contribution in [-0.4, -0.2) is 4.98 Å². The summed E-state index contributed by atoms with van der Waals surface area (Å²) >= 11 is 4.90. The summed E-state index contributed by atoms with van der Waals surface area (Å²) in [5.41, 5.74) is 1.99. The average Bonchev–Trinajstić information content (AvgIpc) is 2.78. The molecular formula is C14H10BrFN2S. The molecule has 5 heteroatoms. The van der Waals surface area contributed by atoms with E-state index in [1.165, 1.54) is 29.0 Å². The van der Waals surface area contributed by atoms with Crippen molar-refractivity contribution in [2.24, 2.45) is 0 Å². The van der Waals surface area contributed by atoms with Gasteiger partial charge in [-0.25, -0.2) is 9.37 Å². The molecule has 2 nitrogen and oxygen atoms in total. The number of benzene rings is 2. The van der Waals surface area contributed by atoms with Crippen LogP contribution >= 0.6 is 27.3 Å². The van der Waals surface area contributed by atoms with Crippen LogP contribution in [-0.2, 0) is 6.54 Å². The zero-order valence-electron chi connectivity index (χ0n) is 9.86. The number of anilines is 1. The minimum Gasteiger partial charge on any atom is -0.357 e. The van der Waals surface area contributed by atoms with Crippen LogP contribution in [0, 0.1) is 5.82 Å². The molecule has 0 aliphatic carbocycles. The first-order valence-corrected chi connectivity index (χ1v) is 7.36. The smallest absolute Gasteiger partial charge is 0.184 e. The first-order valence-electron chi connectivity index (χ1n) is 5.75. The number of rotatable bonds is 3. The number of nitrogens with one attached hydrogen (secondary N) is 1. The van der Waals surface area contributed by atoms with E-state index >= 15 is 0 Å². The Kier molecular flexibility index (Phi) is 3.48. The minimum atomic E-state index is -0.227. The maximum atomic E-state index is 13.1. The van der Waals surface area contributed by atoms with Gasteiger partial charge in [-0.05, 0) is 35.9 Å². The zero-order valence-corrected chi connectivity index (χ0v) is 12.3. The van der Waals surface area contributed by atoms with E-state index < -0.39 is 0 Å². The summed E-state index contributed by atoms with van der Waals surface area (Å²) in [4.78, 5) is 4.42. The van der Waals surface area contributed by atoms with Crippen molar-refractivity contribution in [1.82, 2.24) is 4.98 Å². The number of hydrogen-bond donors (Lipinski definition) is 1. The van der Waals surface area contributed by atoms with Gasteiger partial charge in [0.1, 0.15) is 5.82 Å². The van der Waals surface area contributed by atoms with E-state index in [1.807, 2.05) is 18.2 Å². The van der Waals surface area contributed by atoms with Crippen LogP contribution in [0.1, 0.15) is 5.56 Å². The first-order chi connectivity index (χ1) is 9.20. The van der Waals surface area contributed by atoms with Crippen LogP contribution in [0.3, 0.4) is 0 Å². The van der Waals surface area contributed by atoms with E-state index in [2.05, 4.69) is 32.3 Å². The summed E-state index contributed by atoms with van der Waals surface area (Å²) < 4.78 is 15.0. The fourth-order valence-electron chi connectivity index (χ4n) is 1.80. The molecule has 96 valence electrons. The van der Waals surface area contributed by atoms with E-state index in [0.29, 0.717) is 6.54 Å². The van der Waals surface area contributed by atoms with Gasteiger partial charge in [-0.1, -0.05) is 39.4 Å². The molecule has 0 atom stereocenters. The summed E-state index contributed by atoms with van der Waals surface area (Å²) in [5.74, 6) is -0.227. The van der Waals surface area contributed by atoms with Gasteiger partial charge in [0.15, 0.2) is 5.13 Å². The Balaban J connectivity index is 1.78. The first kappa shape index (κ1) is 12.6. The normalized spacial score (nSPS) is 10.8. The molecule has 0 bridgehead atoms. The van der Waals surface area contributed by atoms with Crippen molar-refractivity contribution in [2.45, 2.75) is 6.54 Å². The Labute approximate surface area is 122 Å². The number of thiazole rings is 1. The van der Waals surface area contributed by atoms with Crippen molar-refractivity contribution < 1.29 is 4.39 Å². The Hall–Kier alpha value is -1.46. The highest BCUT2D eigenvalue weighted by atomic mass is 79.9. The lowest BCUT2D eigenvalue weighted by Gasteiger charge is -2.02. The Morgan fingerprint density at radius 1 is 1.21 bits per heavy atom. The molecular weight excluding hydrogens is 327 g/mol. The highest BCUT2D eigenvalue weighted by Gasteiger charge is 2.04. The summed E-state index contributed by atoms with van der Waals surface area (Å²) in [6.07, 6.45) is 0. The summed E-state index contributed by atoms with van der Waals surface area (Å²) in [6, 6.07) is 12.7. The van der Waals surface area contributed by atoms with Gasteiger partial charge in [-0.2, -0.15) is 0 Å². The molecule has 0 spiro atoms. The highest BCUT2D eigenvalue weighted by molar-refractivity contribution is 9.10. The molecule has 0 radical (unpaired) electrons. The standard InChI is InChI=1S/C14H10BrFN2S/c15-10-3-1-2-9(6-10)8-17-14-18-12-5-4-11(16)7-13(12)19-14/h1-7H,8H2,(H,17,18). The maximum Gasteiger partial charge on any atom is 0.184 e. The van der Waals surface area contributed by atoms with Gasteiger partial charge in [0, 0.05) is 11.0 Å². The minimum absolute atomic E-state index is 0.227. The molecule has 1 heterocycles. The second kappa shape index (κ2) is 5.27. The van der Waals surface area contributed by atoms with Crippen LogP contribution < -0.4 is 5.32 Å². The molecule has 1 N–H and O–H groups in total. The van der Waals surface area contributed by atoms with Crippen LogP contribution in [0.25, 0.3) is 10.2 Å². The fourth-order valence-corrected chi connectivity index (χ4v) is 3.13. The molecule has 1 aromatic heterocycles. The number of aromatic nitrogens is 1. The quantitative estimate of drug-likeness (QED) is 0.742. The van der Waals surface area contributed by atoms with Crippen molar-refractivity contribution in [3.05, 3.63) is 58.3 Å². The van der Waals surface area contributed by atoms with E-state index in [1.54, 1.807) is 6.07 Å². The monoisotopic (exact) mass is 336 g/mol. The third-order valence-corrected chi connectivity index (χ3v) is 4.15. The van der Waals surface area contributed by atoms with Gasteiger partial charge in [0.05, 0.1) is 10.2 Å². The van der Waals surface area contributed by atoms with Gasteiger partial charge >= 0.3 is 0 Å². The van der Waals surface area contributed by atoms with Crippen LogP contribution in [0.15, 0.2) is 46.9 Å². The molecule has 2 aromatic carbocycles. The number of halogens is 2. The molecule has 3 aromatic rings. The van der Waals surface area contributed by atoms with Gasteiger partial charge in [-0.3, -0.25) is 0 Å². The lowest BCUT2D eigenvalue weighted by molar-refractivity contribution is 0.630. The molecule has 0 fully saturated rings. The molecule has 0 aliphatic heterocycles. The van der Waals surface area contributed by atoms with Crippen molar-refractivity contribution >= 4 is 42.6 Å². The molecule has 0 unspecified atom stereocenters. The summed E-state index contributed by atoms with van der Waals surface area (Å²) in [5, 5.41) is 4.07. The lowest BCUT2D eigenvalue weighted by atomic mass is 10.2. The zero-order chi connectivity index (χ0) is 13.2. The predicted octanol–water partition coefficient (Wildman–Crippen LogP) is 4.81. The second-order valence-corrected chi connectivity index (χ2v) is 6.06. The van der Waals surface area contributed by atoms with E-state index in [4.69, 9.17) is 0 Å². The Morgan fingerprint density at radius 3 is 2.95 bits per heavy atom. The SMILES string of the molecule is Fc1ccc2nc(NCc3cccc(Br)c3)sc2c1. The summed E-state index contributed by atoms with van der Waals surface area (Å²) in [7, 11) is 0. The molecule has 0 saturated carbocycles. The van der Waals surface area contributed by atoms with Gasteiger partial charge in [0.25, 0.3) is 0 Å². The van der Waals surface area contributed by atoms with Crippen molar-refractivity contribution in [3.63, 3.8) is 0 Å². The number of fused-ring (bicyclic) bond motifs is 1. The van der Waals surface area contributed by atoms with Crippen molar-refractivity contribution in [2.75, 3.05) is 5.32 Å². The lowest BCUT2D eigenvalue weighted by Crippen LogP contribution is -1.98. The van der Waals surface area contributed by atoms with Crippen molar-refractivity contribution in [1.29, 1.82) is 0 Å².